The molecule has 1 aromatic carbocycles. The Kier molecular flexibility index (Phi) is 5.06. The summed E-state index contributed by atoms with van der Waals surface area (Å²) in [6.45, 7) is 0. The Morgan fingerprint density at radius 2 is 2.13 bits per heavy atom. The molecule has 1 fully saturated rings. The molecule has 1 saturated carbocycles. The van der Waals surface area contributed by atoms with Crippen LogP contribution in [0.3, 0.4) is 0 Å². The summed E-state index contributed by atoms with van der Waals surface area (Å²) in [5.74, 6) is 0.823. The second-order valence-electron chi connectivity index (χ2n) is 6.05. The molecule has 122 valence electrons. The van der Waals surface area contributed by atoms with E-state index in [-0.39, 0.29) is 5.91 Å². The molecule has 1 aromatic heterocycles. The molecule has 1 aliphatic rings. The number of hydrogen-bond acceptors (Lipinski definition) is 4. The molecule has 0 aliphatic heterocycles. The van der Waals surface area contributed by atoms with Crippen LogP contribution >= 0.6 is 11.8 Å². The third kappa shape index (κ3) is 3.78. The van der Waals surface area contributed by atoms with Gasteiger partial charge in [0.15, 0.2) is 5.76 Å². The molecular weight excluding hydrogens is 308 g/mol. The lowest BCUT2D eigenvalue weighted by atomic mass is 10.1. The highest BCUT2D eigenvalue weighted by molar-refractivity contribution is 7.99. The van der Waals surface area contributed by atoms with Gasteiger partial charge in [0.2, 0.25) is 5.91 Å². The van der Waals surface area contributed by atoms with E-state index in [2.05, 4.69) is 11.4 Å². The topological polar surface area (TPSA) is 46.3 Å². The summed E-state index contributed by atoms with van der Waals surface area (Å²) >= 11 is 1.90. The maximum absolute atomic E-state index is 12.5. The predicted molar refractivity (Wildman–Crippen MR) is 93.4 cm³/mol. The maximum Gasteiger partial charge on any atom is 0.228 e. The van der Waals surface area contributed by atoms with Crippen molar-refractivity contribution in [2.45, 2.75) is 37.0 Å². The van der Waals surface area contributed by atoms with Crippen LogP contribution in [0.1, 0.15) is 25.0 Å². The van der Waals surface area contributed by atoms with Gasteiger partial charge < -0.3 is 9.42 Å². The number of aromatic nitrogens is 1. The summed E-state index contributed by atoms with van der Waals surface area (Å²) in [5.41, 5.74) is 1.67. The fraction of sp³-hybridized carbons (Fsp3) is 0.444. The number of benzene rings is 1. The minimum Gasteiger partial charge on any atom is -0.356 e. The van der Waals surface area contributed by atoms with Gasteiger partial charge in [0, 0.05) is 30.0 Å². The van der Waals surface area contributed by atoms with E-state index in [4.69, 9.17) is 4.52 Å². The summed E-state index contributed by atoms with van der Waals surface area (Å²) in [6.07, 6.45) is 5.84. The number of carbonyl (C=O) groups excluding carboxylic acids is 1. The fourth-order valence-electron chi connectivity index (χ4n) is 3.10. The third-order valence-corrected chi connectivity index (χ3v) is 5.68. The predicted octanol–water partition coefficient (Wildman–Crippen LogP) is 3.63. The van der Waals surface area contributed by atoms with Gasteiger partial charge >= 0.3 is 0 Å². The highest BCUT2D eigenvalue weighted by Crippen LogP contribution is 2.31. The molecule has 0 bridgehead atoms. The van der Waals surface area contributed by atoms with E-state index >= 15 is 0 Å². The van der Waals surface area contributed by atoms with Gasteiger partial charge in [-0.3, -0.25) is 4.79 Å². The zero-order chi connectivity index (χ0) is 16.2. The van der Waals surface area contributed by atoms with Crippen molar-refractivity contribution in [3.05, 3.63) is 42.1 Å². The molecule has 4 nitrogen and oxygen atoms in total. The van der Waals surface area contributed by atoms with E-state index < -0.39 is 0 Å². The van der Waals surface area contributed by atoms with Gasteiger partial charge in [0.05, 0.1) is 12.1 Å². The summed E-state index contributed by atoms with van der Waals surface area (Å²) in [6, 6.07) is 12.0. The molecule has 0 unspecified atom stereocenters. The Bertz CT molecular complexity index is 656. The van der Waals surface area contributed by atoms with Gasteiger partial charge in [-0.1, -0.05) is 35.5 Å². The molecule has 0 spiro atoms. The average Bonchev–Trinajstić information content (AvgIpc) is 3.24. The van der Waals surface area contributed by atoms with Crippen LogP contribution in [-0.2, 0) is 11.2 Å². The number of amides is 1. The molecule has 5 heteroatoms. The SMILES string of the molecule is CS[C@@H]1CC[C@@H](N(C)C(=O)Cc2cc(-c3ccccc3)on2)C1. The van der Waals surface area contributed by atoms with Gasteiger partial charge in [-0.25, -0.2) is 0 Å². The van der Waals surface area contributed by atoms with E-state index in [1.165, 1.54) is 6.42 Å². The van der Waals surface area contributed by atoms with Crippen molar-refractivity contribution < 1.29 is 9.32 Å². The number of rotatable bonds is 5. The molecule has 2 atom stereocenters. The van der Waals surface area contributed by atoms with Crippen LogP contribution in [0.2, 0.25) is 0 Å². The standard InChI is InChI=1S/C18H22N2O2S/c1-20(15-8-9-16(12-15)23-2)18(21)11-14-10-17(22-19-14)13-6-4-3-5-7-13/h3-7,10,15-16H,8-9,11-12H2,1-2H3/t15-,16-/m1/s1. The van der Waals surface area contributed by atoms with Gasteiger partial charge in [0.25, 0.3) is 0 Å². The van der Waals surface area contributed by atoms with Crippen molar-refractivity contribution in [1.29, 1.82) is 0 Å². The Morgan fingerprint density at radius 3 is 2.83 bits per heavy atom. The summed E-state index contributed by atoms with van der Waals surface area (Å²) in [7, 11) is 1.91. The number of hydrogen-bond donors (Lipinski definition) is 0. The first-order valence-electron chi connectivity index (χ1n) is 7.97. The Morgan fingerprint density at radius 1 is 1.35 bits per heavy atom. The van der Waals surface area contributed by atoms with Crippen molar-refractivity contribution in [2.24, 2.45) is 0 Å². The molecule has 3 rings (SSSR count). The molecule has 23 heavy (non-hydrogen) atoms. The first-order valence-corrected chi connectivity index (χ1v) is 9.25. The van der Waals surface area contributed by atoms with Crippen molar-refractivity contribution >= 4 is 17.7 Å². The molecule has 1 heterocycles. The Hall–Kier alpha value is -1.75. The first kappa shape index (κ1) is 16.1. The quantitative estimate of drug-likeness (QED) is 0.840. The molecule has 1 amide bonds. The number of thioether (sulfide) groups is 1. The normalized spacial score (nSPS) is 20.6. The highest BCUT2D eigenvalue weighted by atomic mass is 32.2. The van der Waals surface area contributed by atoms with Crippen LogP contribution in [0.25, 0.3) is 11.3 Å². The zero-order valence-corrected chi connectivity index (χ0v) is 14.4. The fourth-order valence-corrected chi connectivity index (χ4v) is 3.89. The van der Waals surface area contributed by atoms with Crippen molar-refractivity contribution in [3.63, 3.8) is 0 Å². The van der Waals surface area contributed by atoms with Crippen LogP contribution in [0.4, 0.5) is 0 Å². The zero-order valence-electron chi connectivity index (χ0n) is 13.6. The second-order valence-corrected chi connectivity index (χ2v) is 7.19. The van der Waals surface area contributed by atoms with Crippen molar-refractivity contribution in [1.82, 2.24) is 10.1 Å². The second kappa shape index (κ2) is 7.21. The number of carbonyl (C=O) groups is 1. The van der Waals surface area contributed by atoms with E-state index in [0.29, 0.717) is 29.2 Å². The smallest absolute Gasteiger partial charge is 0.228 e. The maximum atomic E-state index is 12.5. The molecular formula is C18H22N2O2S. The minimum absolute atomic E-state index is 0.115. The van der Waals surface area contributed by atoms with Gasteiger partial charge in [-0.05, 0) is 25.5 Å². The Labute approximate surface area is 141 Å². The third-order valence-electron chi connectivity index (χ3n) is 4.58. The highest BCUT2D eigenvalue weighted by Gasteiger charge is 2.29. The van der Waals surface area contributed by atoms with Gasteiger partial charge in [-0.15, -0.1) is 0 Å². The van der Waals surface area contributed by atoms with Crippen LogP contribution in [0.15, 0.2) is 40.9 Å². The molecule has 1 aliphatic carbocycles. The van der Waals surface area contributed by atoms with E-state index in [0.717, 1.165) is 18.4 Å². The molecule has 0 saturated heterocycles. The Balaban J connectivity index is 1.61. The van der Waals surface area contributed by atoms with Crippen LogP contribution < -0.4 is 0 Å². The van der Waals surface area contributed by atoms with Crippen LogP contribution in [0, 0.1) is 0 Å². The molecule has 0 N–H and O–H groups in total. The van der Waals surface area contributed by atoms with Crippen molar-refractivity contribution in [2.75, 3.05) is 13.3 Å². The van der Waals surface area contributed by atoms with Gasteiger partial charge in [-0.2, -0.15) is 11.8 Å². The van der Waals surface area contributed by atoms with E-state index in [1.54, 1.807) is 0 Å². The summed E-state index contributed by atoms with van der Waals surface area (Å²) in [4.78, 5) is 14.4. The average molecular weight is 330 g/mol. The lowest BCUT2D eigenvalue weighted by molar-refractivity contribution is -0.131. The number of nitrogens with zero attached hydrogens (tertiary/aromatic N) is 2. The van der Waals surface area contributed by atoms with E-state index in [1.807, 2.05) is 60.1 Å². The van der Waals surface area contributed by atoms with Crippen molar-refractivity contribution in [3.8, 4) is 11.3 Å². The first-order chi connectivity index (χ1) is 11.2. The molecule has 2 aromatic rings. The minimum atomic E-state index is 0.115. The lowest BCUT2D eigenvalue weighted by Crippen LogP contribution is -2.36. The van der Waals surface area contributed by atoms with Crippen LogP contribution in [0.5, 0.6) is 0 Å². The van der Waals surface area contributed by atoms with Gasteiger partial charge in [0.1, 0.15) is 0 Å². The van der Waals surface area contributed by atoms with Crippen LogP contribution in [-0.4, -0.2) is 40.6 Å². The van der Waals surface area contributed by atoms with E-state index in [9.17, 15) is 4.79 Å². The molecule has 0 radical (unpaired) electrons. The largest absolute Gasteiger partial charge is 0.356 e. The summed E-state index contributed by atoms with van der Waals surface area (Å²) in [5, 5.41) is 4.73. The monoisotopic (exact) mass is 330 g/mol. The summed E-state index contributed by atoms with van der Waals surface area (Å²) < 4.78 is 5.37. The lowest BCUT2D eigenvalue weighted by Gasteiger charge is -2.24. The number of likely N-dealkylation sites (N-methyl/N-ethyl adjacent to an activating group) is 1.